The average molecular weight is 477 g/mol. The van der Waals surface area contributed by atoms with Gasteiger partial charge in [0.15, 0.2) is 22.9 Å². The summed E-state index contributed by atoms with van der Waals surface area (Å²) in [4.78, 5) is 30.7. The lowest BCUT2D eigenvalue weighted by Gasteiger charge is -2.29. The highest BCUT2D eigenvalue weighted by molar-refractivity contribution is 6.16. The minimum Gasteiger partial charge on any atom is -0.503 e. The molecule has 0 aliphatic carbocycles. The molecule has 3 aromatic rings. The minimum atomic E-state index is -0.702. The molecule has 0 spiro atoms. The molecule has 35 heavy (non-hydrogen) atoms. The van der Waals surface area contributed by atoms with E-state index in [-0.39, 0.29) is 11.3 Å². The third-order valence-corrected chi connectivity index (χ3v) is 6.76. The number of fused-ring (bicyclic) bond motifs is 1. The van der Waals surface area contributed by atoms with E-state index in [1.165, 1.54) is 7.11 Å². The van der Waals surface area contributed by atoms with Crippen LogP contribution in [0.25, 0.3) is 11.0 Å². The highest BCUT2D eigenvalue weighted by atomic mass is 16.5. The lowest BCUT2D eigenvalue weighted by Crippen LogP contribution is -2.38. The van der Waals surface area contributed by atoms with E-state index in [0.717, 1.165) is 30.6 Å². The van der Waals surface area contributed by atoms with Gasteiger partial charge < -0.3 is 24.1 Å². The maximum absolute atomic E-state index is 13.7. The molecule has 1 aliphatic heterocycles. The van der Waals surface area contributed by atoms with Crippen molar-refractivity contribution < 1.29 is 23.8 Å². The monoisotopic (exact) mass is 476 g/mol. The van der Waals surface area contributed by atoms with Crippen LogP contribution in [0.4, 0.5) is 0 Å². The molecule has 7 nitrogen and oxygen atoms in total. The van der Waals surface area contributed by atoms with Gasteiger partial charge in [-0.3, -0.25) is 9.59 Å². The van der Waals surface area contributed by atoms with Gasteiger partial charge in [0, 0.05) is 18.5 Å². The first-order chi connectivity index (χ1) is 16.9. The van der Waals surface area contributed by atoms with Crippen LogP contribution in [0.15, 0.2) is 64.3 Å². The second kappa shape index (κ2) is 10.4. The number of amides is 1. The quantitative estimate of drug-likeness (QED) is 0.418. The van der Waals surface area contributed by atoms with Crippen molar-refractivity contribution in [2.24, 2.45) is 0 Å². The molecule has 2 aromatic carbocycles. The van der Waals surface area contributed by atoms with E-state index in [1.54, 1.807) is 17.0 Å². The highest BCUT2D eigenvalue weighted by Gasteiger charge is 2.44. The van der Waals surface area contributed by atoms with E-state index >= 15 is 0 Å². The van der Waals surface area contributed by atoms with Crippen LogP contribution >= 0.6 is 0 Å². The summed E-state index contributed by atoms with van der Waals surface area (Å²) in [6.45, 7) is 8.92. The molecule has 1 N–H and O–H groups in total. The second-order valence-electron chi connectivity index (χ2n) is 8.60. The average Bonchev–Trinajstić information content (AvgIpc) is 3.44. The standard InChI is InChI=1S/C28H32N2O5/c1-5-18-11-13-19(14-12-18)24-23(26(32)28(33)30(24)16-15-29(6-2)7-3)25(31)22-17-20-9-8-10-21(34-4)27(20)35-22/h8-14,17,24,32H,5-7,15-16H2,1-4H3. The number of methoxy groups -OCH3 is 1. The molecule has 0 radical (unpaired) electrons. The number of carbonyl (C=O) groups excluding carboxylic acids is 2. The molecular formula is C28H32N2O5. The fourth-order valence-electron chi connectivity index (χ4n) is 4.63. The van der Waals surface area contributed by atoms with E-state index in [2.05, 4.69) is 25.7 Å². The molecule has 1 unspecified atom stereocenters. The maximum atomic E-state index is 13.7. The summed E-state index contributed by atoms with van der Waals surface area (Å²) in [6, 6.07) is 14.1. The zero-order chi connectivity index (χ0) is 25.1. The number of rotatable bonds is 10. The van der Waals surface area contributed by atoms with Gasteiger partial charge in [-0.05, 0) is 42.8 Å². The van der Waals surface area contributed by atoms with Crippen LogP contribution in [0.1, 0.15) is 48.5 Å². The van der Waals surface area contributed by atoms with Crippen molar-refractivity contribution in [3.63, 3.8) is 0 Å². The number of carbonyl (C=O) groups is 2. The summed E-state index contributed by atoms with van der Waals surface area (Å²) >= 11 is 0. The smallest absolute Gasteiger partial charge is 0.290 e. The van der Waals surface area contributed by atoms with Crippen LogP contribution in [0.3, 0.4) is 0 Å². The van der Waals surface area contributed by atoms with E-state index in [1.807, 2.05) is 36.4 Å². The molecule has 184 valence electrons. The minimum absolute atomic E-state index is 0.0387. The number of aliphatic hydroxyl groups excluding tert-OH is 1. The van der Waals surface area contributed by atoms with Gasteiger partial charge in [-0.25, -0.2) is 0 Å². The molecule has 2 heterocycles. The second-order valence-corrected chi connectivity index (χ2v) is 8.60. The van der Waals surface area contributed by atoms with Crippen LogP contribution in [-0.2, 0) is 11.2 Å². The van der Waals surface area contributed by atoms with Crippen molar-refractivity contribution in [1.29, 1.82) is 0 Å². The summed E-state index contributed by atoms with van der Waals surface area (Å²) in [5.41, 5.74) is 2.41. The molecular weight excluding hydrogens is 444 g/mol. The first kappa shape index (κ1) is 24.5. The van der Waals surface area contributed by atoms with Gasteiger partial charge in [-0.1, -0.05) is 57.2 Å². The van der Waals surface area contributed by atoms with Crippen molar-refractivity contribution >= 4 is 22.7 Å². The molecule has 1 amide bonds. The van der Waals surface area contributed by atoms with Crippen LogP contribution in [0, 0.1) is 0 Å². The zero-order valence-electron chi connectivity index (χ0n) is 20.7. The summed E-state index contributed by atoms with van der Waals surface area (Å²) in [5.74, 6) is -1.01. The van der Waals surface area contributed by atoms with E-state index in [9.17, 15) is 14.7 Å². The van der Waals surface area contributed by atoms with Gasteiger partial charge in [0.05, 0.1) is 18.7 Å². The molecule has 0 saturated heterocycles. The topological polar surface area (TPSA) is 83.2 Å². The Labute approximate surface area is 205 Å². The van der Waals surface area contributed by atoms with Crippen molar-refractivity contribution in [3.8, 4) is 5.75 Å². The molecule has 0 fully saturated rings. The highest BCUT2D eigenvalue weighted by Crippen LogP contribution is 2.40. The Hall–Kier alpha value is -3.58. The van der Waals surface area contributed by atoms with Gasteiger partial charge in [0.2, 0.25) is 5.78 Å². The molecule has 1 aromatic heterocycles. The third-order valence-electron chi connectivity index (χ3n) is 6.76. The lowest BCUT2D eigenvalue weighted by atomic mass is 9.94. The Morgan fingerprint density at radius 2 is 1.83 bits per heavy atom. The number of ketones is 1. The molecule has 0 saturated carbocycles. The molecule has 7 heteroatoms. The number of Topliss-reactive ketones (excluding diaryl/α,β-unsaturated/α-hetero) is 1. The SMILES string of the molecule is CCc1ccc(C2C(C(=O)c3cc4cccc(OC)c4o3)=C(O)C(=O)N2CCN(CC)CC)cc1. The van der Waals surface area contributed by atoms with Gasteiger partial charge in [-0.2, -0.15) is 0 Å². The summed E-state index contributed by atoms with van der Waals surface area (Å²) in [5, 5.41) is 11.6. The Bertz CT molecular complexity index is 1250. The van der Waals surface area contributed by atoms with Crippen LogP contribution in [-0.4, -0.2) is 59.9 Å². The first-order valence-corrected chi connectivity index (χ1v) is 12.1. The largest absolute Gasteiger partial charge is 0.503 e. The first-order valence-electron chi connectivity index (χ1n) is 12.1. The number of hydrogen-bond donors (Lipinski definition) is 1. The van der Waals surface area contributed by atoms with Crippen LogP contribution < -0.4 is 4.74 Å². The number of furan rings is 1. The van der Waals surface area contributed by atoms with E-state index in [4.69, 9.17) is 9.15 Å². The van der Waals surface area contributed by atoms with Crippen molar-refractivity contribution in [3.05, 3.63) is 76.8 Å². The fourth-order valence-corrected chi connectivity index (χ4v) is 4.63. The molecule has 4 rings (SSSR count). The summed E-state index contributed by atoms with van der Waals surface area (Å²) < 4.78 is 11.2. The molecule has 1 atom stereocenters. The lowest BCUT2D eigenvalue weighted by molar-refractivity contribution is -0.129. The number of nitrogens with zero attached hydrogens (tertiary/aromatic N) is 2. The van der Waals surface area contributed by atoms with E-state index in [0.29, 0.717) is 29.8 Å². The van der Waals surface area contributed by atoms with Gasteiger partial charge >= 0.3 is 0 Å². The number of ether oxygens (including phenoxy) is 1. The number of aryl methyl sites for hydroxylation is 1. The van der Waals surface area contributed by atoms with Crippen molar-refractivity contribution in [2.45, 2.75) is 33.2 Å². The summed E-state index contributed by atoms with van der Waals surface area (Å²) in [7, 11) is 1.53. The van der Waals surface area contributed by atoms with Crippen molar-refractivity contribution in [1.82, 2.24) is 9.80 Å². The number of likely N-dealkylation sites (N-methyl/N-ethyl adjacent to an activating group) is 1. The van der Waals surface area contributed by atoms with Crippen molar-refractivity contribution in [2.75, 3.05) is 33.3 Å². The number of para-hydroxylation sites is 1. The normalized spacial score (nSPS) is 16.1. The maximum Gasteiger partial charge on any atom is 0.290 e. The molecule has 1 aliphatic rings. The summed E-state index contributed by atoms with van der Waals surface area (Å²) in [6.07, 6.45) is 0.878. The Balaban J connectivity index is 1.76. The number of aliphatic hydroxyl groups is 1. The van der Waals surface area contributed by atoms with Crippen LogP contribution in [0.2, 0.25) is 0 Å². The van der Waals surface area contributed by atoms with Gasteiger partial charge in [0.25, 0.3) is 5.91 Å². The third kappa shape index (κ3) is 4.56. The van der Waals surface area contributed by atoms with Gasteiger partial charge in [-0.15, -0.1) is 0 Å². The van der Waals surface area contributed by atoms with E-state index < -0.39 is 23.5 Å². The molecule has 0 bridgehead atoms. The zero-order valence-corrected chi connectivity index (χ0v) is 20.7. The fraction of sp³-hybridized carbons (Fsp3) is 0.357. The Morgan fingerprint density at radius 1 is 1.11 bits per heavy atom. The number of benzene rings is 2. The van der Waals surface area contributed by atoms with Crippen LogP contribution in [0.5, 0.6) is 5.75 Å². The Morgan fingerprint density at radius 3 is 2.46 bits per heavy atom. The predicted molar refractivity (Wildman–Crippen MR) is 135 cm³/mol. The Kier molecular flexibility index (Phi) is 7.26. The predicted octanol–water partition coefficient (Wildman–Crippen LogP) is 4.92. The number of hydrogen-bond acceptors (Lipinski definition) is 6. The van der Waals surface area contributed by atoms with Gasteiger partial charge in [0.1, 0.15) is 0 Å².